The maximum atomic E-state index is 12.7. The molecule has 1 saturated heterocycles. The molecule has 2 aromatic carbocycles. The Kier molecular flexibility index (Phi) is 7.07. The molecule has 1 aliphatic heterocycles. The number of nitrogens with zero attached hydrogens (tertiary/aromatic N) is 2. The molecule has 8 heteroatoms. The number of nitrogens with one attached hydrogen (secondary N) is 2. The zero-order chi connectivity index (χ0) is 22.5. The van der Waals surface area contributed by atoms with Gasteiger partial charge in [-0.3, -0.25) is 19.3 Å². The summed E-state index contributed by atoms with van der Waals surface area (Å²) in [6.07, 6.45) is 2.34. The number of hydrogen-bond donors (Lipinski definition) is 2. The predicted molar refractivity (Wildman–Crippen MR) is 124 cm³/mol. The normalized spacial score (nSPS) is 16.5. The van der Waals surface area contributed by atoms with Crippen molar-refractivity contribution in [3.05, 3.63) is 64.7 Å². The van der Waals surface area contributed by atoms with Crippen LogP contribution in [0.3, 0.4) is 0 Å². The van der Waals surface area contributed by atoms with Crippen LogP contribution in [-0.4, -0.2) is 66.3 Å². The summed E-state index contributed by atoms with van der Waals surface area (Å²) in [5.74, 6) is -0.344. The maximum absolute atomic E-state index is 12.7. The van der Waals surface area contributed by atoms with Gasteiger partial charge in [-0.2, -0.15) is 0 Å². The lowest BCUT2D eigenvalue weighted by Gasteiger charge is -2.34. The van der Waals surface area contributed by atoms with E-state index in [-0.39, 0.29) is 23.8 Å². The van der Waals surface area contributed by atoms with Crippen molar-refractivity contribution < 1.29 is 14.4 Å². The number of hydrogen-bond acceptors (Lipinski definition) is 4. The van der Waals surface area contributed by atoms with E-state index in [2.05, 4.69) is 15.5 Å². The van der Waals surface area contributed by atoms with Gasteiger partial charge in [0.15, 0.2) is 0 Å². The second-order valence-corrected chi connectivity index (χ2v) is 8.61. The Bertz CT molecular complexity index is 1000. The van der Waals surface area contributed by atoms with Crippen LogP contribution < -0.4 is 10.6 Å². The highest BCUT2D eigenvalue weighted by atomic mass is 35.5. The molecule has 0 radical (unpaired) electrons. The Hall–Kier alpha value is -2.90. The third-order valence-corrected chi connectivity index (χ3v) is 6.11. The highest BCUT2D eigenvalue weighted by Crippen LogP contribution is 2.22. The summed E-state index contributed by atoms with van der Waals surface area (Å²) in [6, 6.07) is 14.4. The third-order valence-electron chi connectivity index (χ3n) is 5.78. The monoisotopic (exact) mass is 454 g/mol. The Morgan fingerprint density at radius 2 is 1.56 bits per heavy atom. The highest BCUT2D eigenvalue weighted by Gasteiger charge is 2.26. The number of amides is 3. The number of carbonyl (C=O) groups is 3. The number of rotatable bonds is 7. The first-order valence-corrected chi connectivity index (χ1v) is 11.3. The van der Waals surface area contributed by atoms with E-state index in [1.165, 1.54) is 0 Å². The van der Waals surface area contributed by atoms with Gasteiger partial charge in [0, 0.05) is 45.2 Å². The van der Waals surface area contributed by atoms with Crippen LogP contribution in [0.5, 0.6) is 0 Å². The number of carbonyl (C=O) groups excluding carboxylic acids is 3. The maximum Gasteiger partial charge on any atom is 0.255 e. The Balaban J connectivity index is 1.24. The first-order valence-electron chi connectivity index (χ1n) is 11.0. The van der Waals surface area contributed by atoms with E-state index < -0.39 is 0 Å². The number of piperazine rings is 1. The van der Waals surface area contributed by atoms with Gasteiger partial charge in [0.05, 0.1) is 21.8 Å². The molecule has 0 unspecified atom stereocenters. The molecule has 2 fully saturated rings. The van der Waals surface area contributed by atoms with Gasteiger partial charge < -0.3 is 15.5 Å². The van der Waals surface area contributed by atoms with Crippen LogP contribution in [0.2, 0.25) is 5.02 Å². The van der Waals surface area contributed by atoms with E-state index in [9.17, 15) is 14.4 Å². The van der Waals surface area contributed by atoms with Crippen LogP contribution in [0, 0.1) is 0 Å². The van der Waals surface area contributed by atoms with Crippen LogP contribution >= 0.6 is 11.6 Å². The highest BCUT2D eigenvalue weighted by molar-refractivity contribution is 6.33. The molecule has 0 aromatic heterocycles. The first-order chi connectivity index (χ1) is 15.5. The minimum atomic E-state index is -0.150. The standard InChI is InChI=1S/C24H27ClN4O3/c25-20-7-3-1-5-18(20)24(32)29-15-13-28(14-16-29)12-11-22(30)27-21-8-4-2-6-19(21)23(31)26-17-9-10-17/h1-8,17H,9-16H2,(H,26,31)(H,27,30). The predicted octanol–water partition coefficient (Wildman–Crippen LogP) is 3.02. The van der Waals surface area contributed by atoms with Crippen LogP contribution in [0.25, 0.3) is 0 Å². The van der Waals surface area contributed by atoms with Gasteiger partial charge in [-0.05, 0) is 37.1 Å². The molecule has 1 heterocycles. The molecular weight excluding hydrogens is 428 g/mol. The molecule has 3 amide bonds. The molecule has 2 N–H and O–H groups in total. The van der Waals surface area contributed by atoms with E-state index >= 15 is 0 Å². The van der Waals surface area contributed by atoms with Gasteiger partial charge in [0.2, 0.25) is 5.91 Å². The lowest BCUT2D eigenvalue weighted by molar-refractivity contribution is -0.116. The van der Waals surface area contributed by atoms with E-state index in [0.717, 1.165) is 12.8 Å². The fourth-order valence-corrected chi connectivity index (χ4v) is 3.95. The second kappa shape index (κ2) is 10.1. The van der Waals surface area contributed by atoms with E-state index in [1.54, 1.807) is 47.4 Å². The van der Waals surface area contributed by atoms with Crippen molar-refractivity contribution in [1.29, 1.82) is 0 Å². The van der Waals surface area contributed by atoms with Gasteiger partial charge in [0.25, 0.3) is 11.8 Å². The lowest BCUT2D eigenvalue weighted by Crippen LogP contribution is -2.49. The number of halogens is 1. The van der Waals surface area contributed by atoms with Crippen LogP contribution in [0.1, 0.15) is 40.0 Å². The topological polar surface area (TPSA) is 81.8 Å². The number of anilines is 1. The summed E-state index contributed by atoms with van der Waals surface area (Å²) in [5.41, 5.74) is 1.54. The Morgan fingerprint density at radius 1 is 0.906 bits per heavy atom. The smallest absolute Gasteiger partial charge is 0.255 e. The minimum absolute atomic E-state index is 0.0610. The summed E-state index contributed by atoms with van der Waals surface area (Å²) >= 11 is 6.15. The summed E-state index contributed by atoms with van der Waals surface area (Å²) < 4.78 is 0. The molecule has 32 heavy (non-hydrogen) atoms. The average molecular weight is 455 g/mol. The molecule has 1 aliphatic carbocycles. The average Bonchev–Trinajstić information content (AvgIpc) is 3.62. The van der Waals surface area contributed by atoms with Crippen molar-refractivity contribution in [2.45, 2.75) is 25.3 Å². The number of benzene rings is 2. The Morgan fingerprint density at radius 3 is 2.25 bits per heavy atom. The molecule has 4 rings (SSSR count). The molecule has 0 atom stereocenters. The SMILES string of the molecule is O=C(CCN1CCN(C(=O)c2ccccc2Cl)CC1)Nc1ccccc1C(=O)NC1CC1. The number of para-hydroxylation sites is 1. The van der Waals surface area contributed by atoms with E-state index in [0.29, 0.717) is 61.0 Å². The fraction of sp³-hybridized carbons (Fsp3) is 0.375. The second-order valence-electron chi connectivity index (χ2n) is 8.21. The van der Waals surface area contributed by atoms with Gasteiger partial charge in [-0.25, -0.2) is 0 Å². The third kappa shape index (κ3) is 5.66. The van der Waals surface area contributed by atoms with Crippen molar-refractivity contribution in [2.75, 3.05) is 38.0 Å². The molecule has 2 aromatic rings. The van der Waals surface area contributed by atoms with Crippen LogP contribution in [0.4, 0.5) is 5.69 Å². The summed E-state index contributed by atoms with van der Waals surface area (Å²) in [7, 11) is 0. The van der Waals surface area contributed by atoms with Crippen LogP contribution in [0.15, 0.2) is 48.5 Å². The van der Waals surface area contributed by atoms with Crippen molar-refractivity contribution >= 4 is 35.0 Å². The molecular formula is C24H27ClN4O3. The van der Waals surface area contributed by atoms with E-state index in [1.807, 2.05) is 6.07 Å². The quantitative estimate of drug-likeness (QED) is 0.673. The minimum Gasteiger partial charge on any atom is -0.349 e. The fourth-order valence-electron chi connectivity index (χ4n) is 3.73. The van der Waals surface area contributed by atoms with Gasteiger partial charge >= 0.3 is 0 Å². The molecule has 7 nitrogen and oxygen atoms in total. The lowest BCUT2D eigenvalue weighted by atomic mass is 10.1. The molecule has 168 valence electrons. The molecule has 2 aliphatic rings. The molecule has 0 bridgehead atoms. The Labute approximate surface area is 192 Å². The van der Waals surface area contributed by atoms with Crippen molar-refractivity contribution in [2.24, 2.45) is 0 Å². The van der Waals surface area contributed by atoms with E-state index in [4.69, 9.17) is 11.6 Å². The molecule has 1 saturated carbocycles. The van der Waals surface area contributed by atoms with Gasteiger partial charge in [0.1, 0.15) is 0 Å². The van der Waals surface area contributed by atoms with Gasteiger partial charge in [-0.15, -0.1) is 0 Å². The van der Waals surface area contributed by atoms with Crippen molar-refractivity contribution in [3.8, 4) is 0 Å². The van der Waals surface area contributed by atoms with Crippen molar-refractivity contribution in [1.82, 2.24) is 15.1 Å². The zero-order valence-electron chi connectivity index (χ0n) is 17.9. The zero-order valence-corrected chi connectivity index (χ0v) is 18.6. The van der Waals surface area contributed by atoms with Crippen LogP contribution in [-0.2, 0) is 4.79 Å². The first kappa shape index (κ1) is 22.3. The van der Waals surface area contributed by atoms with Gasteiger partial charge in [-0.1, -0.05) is 35.9 Å². The summed E-state index contributed by atoms with van der Waals surface area (Å²) in [6.45, 7) is 3.18. The summed E-state index contributed by atoms with van der Waals surface area (Å²) in [5, 5.41) is 6.29. The largest absolute Gasteiger partial charge is 0.349 e. The van der Waals surface area contributed by atoms with Crippen molar-refractivity contribution in [3.63, 3.8) is 0 Å². The summed E-state index contributed by atoms with van der Waals surface area (Å²) in [4.78, 5) is 41.6. The molecule has 0 spiro atoms.